The first-order valence-corrected chi connectivity index (χ1v) is 7.63. The van der Waals surface area contributed by atoms with Crippen LogP contribution in [-0.4, -0.2) is 32.4 Å². The van der Waals surface area contributed by atoms with E-state index < -0.39 is 11.7 Å². The summed E-state index contributed by atoms with van der Waals surface area (Å²) < 4.78 is 28.8. The zero-order valence-corrected chi connectivity index (χ0v) is 14.0. The summed E-state index contributed by atoms with van der Waals surface area (Å²) in [6, 6.07) is 10.8. The van der Waals surface area contributed by atoms with Gasteiger partial charge in [-0.05, 0) is 42.8 Å². The number of nitrogens with zero attached hydrogens (tertiary/aromatic N) is 1. The van der Waals surface area contributed by atoms with E-state index >= 15 is 0 Å². The molecule has 0 bridgehead atoms. The largest absolute Gasteiger partial charge is 0.493 e. The fourth-order valence-electron chi connectivity index (χ4n) is 1.96. The molecule has 1 amide bonds. The number of carbonyl (C=O) groups is 1. The maximum Gasteiger partial charge on any atom is 0.277 e. The third-order valence-corrected chi connectivity index (χ3v) is 3.06. The lowest BCUT2D eigenvalue weighted by atomic mass is 10.2. The molecule has 1 N–H and O–H groups in total. The van der Waals surface area contributed by atoms with E-state index in [0.29, 0.717) is 18.1 Å². The zero-order valence-electron chi connectivity index (χ0n) is 14.0. The lowest BCUT2D eigenvalue weighted by Gasteiger charge is -2.09. The van der Waals surface area contributed by atoms with Crippen LogP contribution in [0.2, 0.25) is 0 Å². The van der Waals surface area contributed by atoms with Gasteiger partial charge in [-0.3, -0.25) is 4.79 Å². The smallest absolute Gasteiger partial charge is 0.277 e. The van der Waals surface area contributed by atoms with Crippen molar-refractivity contribution in [3.8, 4) is 17.2 Å². The Bertz CT molecular complexity index is 750. The molecule has 0 heterocycles. The molecule has 2 aromatic rings. The lowest BCUT2D eigenvalue weighted by Crippen LogP contribution is -2.24. The molecule has 2 aromatic carbocycles. The Morgan fingerprint density at radius 1 is 1.20 bits per heavy atom. The Kier molecular flexibility index (Phi) is 6.76. The highest BCUT2D eigenvalue weighted by Gasteiger charge is 2.05. The summed E-state index contributed by atoms with van der Waals surface area (Å²) >= 11 is 0. The fourth-order valence-corrected chi connectivity index (χ4v) is 1.96. The van der Waals surface area contributed by atoms with Crippen molar-refractivity contribution in [2.45, 2.75) is 6.92 Å². The van der Waals surface area contributed by atoms with E-state index in [1.165, 1.54) is 24.4 Å². The minimum atomic E-state index is -0.459. The van der Waals surface area contributed by atoms with Gasteiger partial charge in [0.2, 0.25) is 0 Å². The number of hydrazone groups is 1. The maximum atomic E-state index is 13.0. The van der Waals surface area contributed by atoms with E-state index in [-0.39, 0.29) is 12.4 Å². The maximum absolute atomic E-state index is 13.0. The Morgan fingerprint density at radius 2 is 2.04 bits per heavy atom. The van der Waals surface area contributed by atoms with Gasteiger partial charge in [0.25, 0.3) is 5.91 Å². The molecule has 0 radical (unpaired) electrons. The molecule has 0 saturated carbocycles. The van der Waals surface area contributed by atoms with Gasteiger partial charge in [-0.15, -0.1) is 0 Å². The van der Waals surface area contributed by atoms with Crippen LogP contribution in [-0.2, 0) is 4.79 Å². The number of nitrogens with one attached hydrogen (secondary N) is 1. The van der Waals surface area contributed by atoms with Gasteiger partial charge in [0.1, 0.15) is 11.6 Å². The molecule has 0 aromatic heterocycles. The highest BCUT2D eigenvalue weighted by Crippen LogP contribution is 2.27. The summed E-state index contributed by atoms with van der Waals surface area (Å²) in [4.78, 5) is 11.7. The monoisotopic (exact) mass is 346 g/mol. The van der Waals surface area contributed by atoms with Crippen LogP contribution < -0.4 is 19.6 Å². The van der Waals surface area contributed by atoms with Crippen molar-refractivity contribution < 1.29 is 23.4 Å². The number of ether oxygens (including phenoxy) is 3. The summed E-state index contributed by atoms with van der Waals surface area (Å²) in [5.41, 5.74) is 3.07. The van der Waals surface area contributed by atoms with Crippen molar-refractivity contribution in [3.05, 3.63) is 53.8 Å². The Labute approximate surface area is 145 Å². The Balaban J connectivity index is 1.87. The van der Waals surface area contributed by atoms with Crippen LogP contribution >= 0.6 is 0 Å². The summed E-state index contributed by atoms with van der Waals surface area (Å²) in [6.07, 6.45) is 1.47. The summed E-state index contributed by atoms with van der Waals surface area (Å²) in [5, 5.41) is 3.85. The standard InChI is InChI=1S/C18H19FN2O4/c1-3-24-17-9-13(7-8-16(17)23-2)11-20-21-18(22)12-25-15-6-4-5-14(19)10-15/h4-11H,3,12H2,1-2H3,(H,21,22)/b20-11-. The number of hydrogen-bond donors (Lipinski definition) is 1. The normalized spacial score (nSPS) is 10.5. The Hall–Kier alpha value is -3.09. The zero-order chi connectivity index (χ0) is 18.1. The molecule has 0 saturated heterocycles. The molecule has 0 aliphatic rings. The number of amides is 1. The third kappa shape index (κ3) is 5.80. The number of methoxy groups -OCH3 is 1. The molecule has 25 heavy (non-hydrogen) atoms. The quantitative estimate of drug-likeness (QED) is 0.589. The SMILES string of the molecule is CCOc1cc(/C=N\NC(=O)COc2cccc(F)c2)ccc1OC. The lowest BCUT2D eigenvalue weighted by molar-refractivity contribution is -0.123. The van der Waals surface area contributed by atoms with Gasteiger partial charge >= 0.3 is 0 Å². The molecular formula is C18H19FN2O4. The van der Waals surface area contributed by atoms with Gasteiger partial charge < -0.3 is 14.2 Å². The first kappa shape index (κ1) is 18.3. The molecular weight excluding hydrogens is 327 g/mol. The molecule has 6 nitrogen and oxygen atoms in total. The second kappa shape index (κ2) is 9.27. The summed E-state index contributed by atoms with van der Waals surface area (Å²) in [5.74, 6) is 0.594. The van der Waals surface area contributed by atoms with Crippen LogP contribution in [0.4, 0.5) is 4.39 Å². The molecule has 7 heteroatoms. The second-order valence-corrected chi connectivity index (χ2v) is 4.88. The van der Waals surface area contributed by atoms with Crippen molar-refractivity contribution in [2.75, 3.05) is 20.3 Å². The molecule has 0 aliphatic carbocycles. The summed E-state index contributed by atoms with van der Waals surface area (Å²) in [6.45, 7) is 2.11. The van der Waals surface area contributed by atoms with E-state index in [2.05, 4.69) is 10.5 Å². The van der Waals surface area contributed by atoms with Gasteiger partial charge in [0.05, 0.1) is 19.9 Å². The van der Waals surface area contributed by atoms with Crippen LogP contribution in [0.1, 0.15) is 12.5 Å². The van der Waals surface area contributed by atoms with Crippen LogP contribution in [0.25, 0.3) is 0 Å². The van der Waals surface area contributed by atoms with E-state index in [9.17, 15) is 9.18 Å². The van der Waals surface area contributed by atoms with Gasteiger partial charge in [0.15, 0.2) is 18.1 Å². The van der Waals surface area contributed by atoms with Gasteiger partial charge in [-0.2, -0.15) is 5.10 Å². The van der Waals surface area contributed by atoms with Crippen molar-refractivity contribution in [2.24, 2.45) is 5.10 Å². The predicted octanol–water partition coefficient (Wildman–Crippen LogP) is 2.76. The van der Waals surface area contributed by atoms with E-state index in [4.69, 9.17) is 14.2 Å². The molecule has 0 aliphatic heterocycles. The predicted molar refractivity (Wildman–Crippen MR) is 91.8 cm³/mol. The average Bonchev–Trinajstić information content (AvgIpc) is 2.61. The van der Waals surface area contributed by atoms with E-state index in [1.807, 2.05) is 6.92 Å². The van der Waals surface area contributed by atoms with E-state index in [0.717, 1.165) is 5.56 Å². The van der Waals surface area contributed by atoms with Gasteiger partial charge in [-0.1, -0.05) is 6.07 Å². The van der Waals surface area contributed by atoms with Gasteiger partial charge in [-0.25, -0.2) is 9.82 Å². The highest BCUT2D eigenvalue weighted by atomic mass is 19.1. The van der Waals surface area contributed by atoms with Crippen molar-refractivity contribution in [3.63, 3.8) is 0 Å². The first-order valence-electron chi connectivity index (χ1n) is 7.63. The van der Waals surface area contributed by atoms with Crippen LogP contribution in [0.15, 0.2) is 47.6 Å². The molecule has 2 rings (SSSR count). The van der Waals surface area contributed by atoms with E-state index in [1.54, 1.807) is 31.4 Å². The molecule has 0 atom stereocenters. The highest BCUT2D eigenvalue weighted by molar-refractivity contribution is 5.83. The van der Waals surface area contributed by atoms with Crippen molar-refractivity contribution in [1.29, 1.82) is 0 Å². The van der Waals surface area contributed by atoms with Crippen LogP contribution in [0.5, 0.6) is 17.2 Å². The minimum Gasteiger partial charge on any atom is -0.493 e. The number of rotatable bonds is 8. The number of carbonyl (C=O) groups excluding carboxylic acids is 1. The number of halogens is 1. The van der Waals surface area contributed by atoms with Crippen molar-refractivity contribution in [1.82, 2.24) is 5.43 Å². The molecule has 0 fully saturated rings. The third-order valence-electron chi connectivity index (χ3n) is 3.06. The average molecular weight is 346 g/mol. The second-order valence-electron chi connectivity index (χ2n) is 4.88. The molecule has 0 spiro atoms. The number of benzene rings is 2. The fraction of sp³-hybridized carbons (Fsp3) is 0.222. The van der Waals surface area contributed by atoms with Crippen molar-refractivity contribution >= 4 is 12.1 Å². The minimum absolute atomic E-state index is 0.270. The molecule has 132 valence electrons. The van der Waals surface area contributed by atoms with Crippen LogP contribution in [0.3, 0.4) is 0 Å². The Morgan fingerprint density at radius 3 is 2.76 bits per heavy atom. The van der Waals surface area contributed by atoms with Gasteiger partial charge in [0, 0.05) is 6.07 Å². The number of hydrogen-bond acceptors (Lipinski definition) is 5. The summed E-state index contributed by atoms with van der Waals surface area (Å²) in [7, 11) is 1.56. The first-order chi connectivity index (χ1) is 12.1. The van der Waals surface area contributed by atoms with Crippen LogP contribution in [0, 0.1) is 5.82 Å². The topological polar surface area (TPSA) is 69.2 Å². The molecule has 0 unspecified atom stereocenters.